The van der Waals surface area contributed by atoms with Gasteiger partial charge in [0.25, 0.3) is 0 Å². The topological polar surface area (TPSA) is 99.7 Å². The number of sulfone groups is 1. The molecule has 3 N–H and O–H groups in total. The molecule has 1 unspecified atom stereocenters. The van der Waals surface area contributed by atoms with Gasteiger partial charge in [-0.3, -0.25) is 9.79 Å². The van der Waals surface area contributed by atoms with E-state index in [1.54, 1.807) is 19.2 Å². The van der Waals surface area contributed by atoms with Gasteiger partial charge in [0.2, 0.25) is 5.91 Å². The molecule has 138 valence electrons. The summed E-state index contributed by atoms with van der Waals surface area (Å²) in [5.74, 6) is 0.152. The highest BCUT2D eigenvalue weighted by Crippen LogP contribution is 2.11. The number of carbonyl (C=O) groups excluding carboxylic acids is 1. The Bertz CT molecular complexity index is 737. The lowest BCUT2D eigenvalue weighted by atomic mass is 10.2. The molecule has 0 saturated carbocycles. The molecule has 0 aromatic heterocycles. The molecule has 1 saturated heterocycles. The van der Waals surface area contributed by atoms with Crippen LogP contribution in [0.4, 0.5) is 4.39 Å². The summed E-state index contributed by atoms with van der Waals surface area (Å²) in [6.07, 6.45) is 0.676. The number of rotatable bonds is 6. The molecule has 1 aliphatic heterocycles. The van der Waals surface area contributed by atoms with Crippen LogP contribution in [0, 0.1) is 5.82 Å². The van der Waals surface area contributed by atoms with Crippen molar-refractivity contribution in [2.24, 2.45) is 4.99 Å². The van der Waals surface area contributed by atoms with E-state index in [4.69, 9.17) is 0 Å². The fraction of sp³-hybridized carbons (Fsp3) is 0.500. The maximum Gasteiger partial charge on any atom is 0.222 e. The zero-order valence-electron chi connectivity index (χ0n) is 14.1. The van der Waals surface area contributed by atoms with Crippen LogP contribution in [0.2, 0.25) is 0 Å². The first-order valence-electron chi connectivity index (χ1n) is 8.07. The van der Waals surface area contributed by atoms with Gasteiger partial charge in [-0.1, -0.05) is 12.1 Å². The predicted octanol–water partition coefficient (Wildman–Crippen LogP) is 0.184. The molecule has 1 atom stereocenters. The van der Waals surface area contributed by atoms with Gasteiger partial charge in [0.15, 0.2) is 15.8 Å². The van der Waals surface area contributed by atoms with Gasteiger partial charge >= 0.3 is 0 Å². The first-order chi connectivity index (χ1) is 11.9. The van der Waals surface area contributed by atoms with E-state index in [0.29, 0.717) is 25.5 Å². The number of hydrogen-bond acceptors (Lipinski definition) is 4. The van der Waals surface area contributed by atoms with Crippen LogP contribution in [0.1, 0.15) is 18.4 Å². The fourth-order valence-electron chi connectivity index (χ4n) is 2.56. The Balaban J connectivity index is 1.67. The average Bonchev–Trinajstić information content (AvgIpc) is 2.89. The summed E-state index contributed by atoms with van der Waals surface area (Å²) >= 11 is 0. The molecule has 0 radical (unpaired) electrons. The van der Waals surface area contributed by atoms with Crippen molar-refractivity contribution in [2.45, 2.75) is 25.4 Å². The number of hydrogen-bond donors (Lipinski definition) is 3. The van der Waals surface area contributed by atoms with Crippen molar-refractivity contribution in [2.75, 3.05) is 25.1 Å². The van der Waals surface area contributed by atoms with Crippen LogP contribution in [0.15, 0.2) is 29.3 Å². The van der Waals surface area contributed by atoms with Crippen LogP contribution in [0.5, 0.6) is 0 Å². The largest absolute Gasteiger partial charge is 0.356 e. The van der Waals surface area contributed by atoms with Gasteiger partial charge in [-0.05, 0) is 24.1 Å². The van der Waals surface area contributed by atoms with Gasteiger partial charge in [0, 0.05) is 32.6 Å². The van der Waals surface area contributed by atoms with Crippen molar-refractivity contribution in [1.29, 1.82) is 0 Å². The van der Waals surface area contributed by atoms with Crippen LogP contribution in [-0.4, -0.2) is 51.4 Å². The standard InChI is InChI=1S/C16H23FN4O3S/c1-18-16(20-10-12-3-2-4-13(17)9-12)19-7-5-15(22)21-14-6-8-25(23,24)11-14/h2-4,9,14H,5-8,10-11H2,1H3,(H,21,22)(H2,18,19,20). The van der Waals surface area contributed by atoms with Gasteiger partial charge in [-0.15, -0.1) is 0 Å². The summed E-state index contributed by atoms with van der Waals surface area (Å²) in [6.45, 7) is 0.762. The van der Waals surface area contributed by atoms with Crippen molar-refractivity contribution in [3.8, 4) is 0 Å². The summed E-state index contributed by atoms with van der Waals surface area (Å²) < 4.78 is 35.9. The molecule has 0 bridgehead atoms. The van der Waals surface area contributed by atoms with Gasteiger partial charge in [0.05, 0.1) is 11.5 Å². The number of nitrogens with zero attached hydrogens (tertiary/aromatic N) is 1. The van der Waals surface area contributed by atoms with Crippen molar-refractivity contribution < 1.29 is 17.6 Å². The number of carbonyl (C=O) groups is 1. The third-order valence-corrected chi connectivity index (χ3v) is 5.58. The summed E-state index contributed by atoms with van der Waals surface area (Å²) in [7, 11) is -1.40. The Kier molecular flexibility index (Phi) is 6.74. The van der Waals surface area contributed by atoms with Crippen LogP contribution in [0.3, 0.4) is 0 Å². The molecular formula is C16H23FN4O3S. The molecule has 1 fully saturated rings. The number of amides is 1. The fourth-order valence-corrected chi connectivity index (χ4v) is 4.23. The van der Waals surface area contributed by atoms with Crippen LogP contribution in [0.25, 0.3) is 0 Å². The molecule has 7 nitrogen and oxygen atoms in total. The molecular weight excluding hydrogens is 347 g/mol. The predicted molar refractivity (Wildman–Crippen MR) is 94.4 cm³/mol. The summed E-state index contributed by atoms with van der Waals surface area (Å²) in [6, 6.07) is 5.96. The minimum absolute atomic E-state index is 0.0169. The molecule has 9 heteroatoms. The maximum absolute atomic E-state index is 13.1. The maximum atomic E-state index is 13.1. The number of benzene rings is 1. The van der Waals surface area contributed by atoms with E-state index in [1.807, 2.05) is 0 Å². The van der Waals surface area contributed by atoms with Gasteiger partial charge < -0.3 is 16.0 Å². The van der Waals surface area contributed by atoms with Gasteiger partial charge in [0.1, 0.15) is 5.82 Å². The number of guanidine groups is 1. The minimum Gasteiger partial charge on any atom is -0.356 e. The monoisotopic (exact) mass is 370 g/mol. The third-order valence-electron chi connectivity index (χ3n) is 3.81. The lowest BCUT2D eigenvalue weighted by Crippen LogP contribution is -2.40. The number of aliphatic imine (C=N–C) groups is 1. The molecule has 0 aliphatic carbocycles. The Morgan fingerprint density at radius 2 is 2.16 bits per heavy atom. The van der Waals surface area contributed by atoms with E-state index >= 15 is 0 Å². The zero-order chi connectivity index (χ0) is 18.3. The van der Waals surface area contributed by atoms with Crippen LogP contribution < -0.4 is 16.0 Å². The second kappa shape index (κ2) is 8.80. The van der Waals surface area contributed by atoms with Crippen molar-refractivity contribution in [3.63, 3.8) is 0 Å². The van der Waals surface area contributed by atoms with E-state index in [9.17, 15) is 17.6 Å². The van der Waals surface area contributed by atoms with Crippen LogP contribution >= 0.6 is 0 Å². The first-order valence-corrected chi connectivity index (χ1v) is 9.89. The highest BCUT2D eigenvalue weighted by Gasteiger charge is 2.28. The lowest BCUT2D eigenvalue weighted by Gasteiger charge is -2.13. The second-order valence-electron chi connectivity index (χ2n) is 5.90. The lowest BCUT2D eigenvalue weighted by molar-refractivity contribution is -0.121. The third kappa shape index (κ3) is 6.69. The Labute approximate surface area is 147 Å². The van der Waals surface area contributed by atoms with Crippen LogP contribution in [-0.2, 0) is 21.2 Å². The van der Waals surface area contributed by atoms with E-state index in [1.165, 1.54) is 12.1 Å². The number of nitrogens with one attached hydrogen (secondary N) is 3. The molecule has 1 aliphatic rings. The summed E-state index contributed by atoms with van der Waals surface area (Å²) in [5.41, 5.74) is 0.781. The quantitative estimate of drug-likeness (QED) is 0.490. The summed E-state index contributed by atoms with van der Waals surface area (Å²) in [5, 5.41) is 8.75. The highest BCUT2D eigenvalue weighted by atomic mass is 32.2. The molecule has 25 heavy (non-hydrogen) atoms. The van der Waals surface area contributed by atoms with E-state index in [0.717, 1.165) is 5.56 Å². The van der Waals surface area contributed by atoms with Gasteiger partial charge in [-0.2, -0.15) is 0 Å². The molecule has 1 amide bonds. The second-order valence-corrected chi connectivity index (χ2v) is 8.13. The minimum atomic E-state index is -3.00. The first kappa shape index (κ1) is 19.2. The molecule has 1 aromatic rings. The highest BCUT2D eigenvalue weighted by molar-refractivity contribution is 7.91. The Morgan fingerprint density at radius 3 is 2.80 bits per heavy atom. The average molecular weight is 370 g/mol. The van der Waals surface area contributed by atoms with E-state index < -0.39 is 9.84 Å². The molecule has 1 aromatic carbocycles. The van der Waals surface area contributed by atoms with E-state index in [2.05, 4.69) is 20.9 Å². The normalized spacial score (nSPS) is 19.4. The Morgan fingerprint density at radius 1 is 1.36 bits per heavy atom. The number of halogens is 1. The smallest absolute Gasteiger partial charge is 0.222 e. The van der Waals surface area contributed by atoms with Crippen molar-refractivity contribution in [1.82, 2.24) is 16.0 Å². The van der Waals surface area contributed by atoms with Crippen molar-refractivity contribution >= 4 is 21.7 Å². The molecule has 2 rings (SSSR count). The molecule has 0 spiro atoms. The Hall–Kier alpha value is -2.16. The van der Waals surface area contributed by atoms with E-state index in [-0.39, 0.29) is 35.7 Å². The van der Waals surface area contributed by atoms with Crippen molar-refractivity contribution in [3.05, 3.63) is 35.6 Å². The zero-order valence-corrected chi connectivity index (χ0v) is 14.9. The summed E-state index contributed by atoms with van der Waals surface area (Å²) in [4.78, 5) is 15.9. The SMILES string of the molecule is CN=C(NCCC(=O)NC1CCS(=O)(=O)C1)NCc1cccc(F)c1. The molecule has 1 heterocycles. The van der Waals surface area contributed by atoms with Gasteiger partial charge in [-0.25, -0.2) is 12.8 Å².